The second-order valence-electron chi connectivity index (χ2n) is 3.65. The molecule has 0 fully saturated rings. The fraction of sp³-hybridized carbons (Fsp3) is 0.600. The number of alkyl halides is 1. The highest BCUT2D eigenvalue weighted by atomic mass is 35.5. The van der Waals surface area contributed by atoms with Gasteiger partial charge in [0.05, 0.1) is 12.3 Å². The van der Waals surface area contributed by atoms with Gasteiger partial charge in [-0.25, -0.2) is 13.1 Å². The summed E-state index contributed by atoms with van der Waals surface area (Å²) in [5, 5.41) is 0. The van der Waals surface area contributed by atoms with Gasteiger partial charge in [-0.15, -0.1) is 11.6 Å². The van der Waals surface area contributed by atoms with Crippen LogP contribution in [0.5, 0.6) is 0 Å². The molecular weight excluding hydrogens is 248 g/mol. The standard InChI is InChI=1S/C10H17ClN2O2S/c1-13-7-4-5-10(13)9-12-16(14,15)8-3-2-6-11/h4-5,7,12H,2-3,6,8-9H2,1H3. The maximum atomic E-state index is 11.5. The summed E-state index contributed by atoms with van der Waals surface area (Å²) >= 11 is 5.49. The lowest BCUT2D eigenvalue weighted by Crippen LogP contribution is -2.26. The van der Waals surface area contributed by atoms with Gasteiger partial charge in [0.2, 0.25) is 10.0 Å². The van der Waals surface area contributed by atoms with E-state index in [2.05, 4.69) is 4.72 Å². The molecular formula is C10H17ClN2O2S. The summed E-state index contributed by atoms with van der Waals surface area (Å²) in [6.45, 7) is 0.340. The van der Waals surface area contributed by atoms with Crippen molar-refractivity contribution in [2.45, 2.75) is 19.4 Å². The van der Waals surface area contributed by atoms with Crippen molar-refractivity contribution in [2.75, 3.05) is 11.6 Å². The van der Waals surface area contributed by atoms with E-state index in [0.29, 0.717) is 18.8 Å². The van der Waals surface area contributed by atoms with Crippen LogP contribution in [0, 0.1) is 0 Å². The van der Waals surface area contributed by atoms with Gasteiger partial charge in [-0.2, -0.15) is 0 Å². The fourth-order valence-corrected chi connectivity index (χ4v) is 2.61. The van der Waals surface area contributed by atoms with Crippen LogP contribution in [0.3, 0.4) is 0 Å². The second-order valence-corrected chi connectivity index (χ2v) is 5.95. The van der Waals surface area contributed by atoms with E-state index < -0.39 is 10.0 Å². The summed E-state index contributed by atoms with van der Waals surface area (Å²) in [4.78, 5) is 0. The van der Waals surface area contributed by atoms with Crippen LogP contribution in [0.2, 0.25) is 0 Å². The Kier molecular flexibility index (Phi) is 5.31. The van der Waals surface area contributed by atoms with Gasteiger partial charge in [0.1, 0.15) is 0 Å². The number of halogens is 1. The zero-order chi connectivity index (χ0) is 12.0. The molecule has 6 heteroatoms. The smallest absolute Gasteiger partial charge is 0.211 e. The summed E-state index contributed by atoms with van der Waals surface area (Å²) in [5.74, 6) is 0.650. The number of hydrogen-bond donors (Lipinski definition) is 1. The largest absolute Gasteiger partial charge is 0.353 e. The van der Waals surface area contributed by atoms with Crippen LogP contribution < -0.4 is 4.72 Å². The van der Waals surface area contributed by atoms with Gasteiger partial charge in [0.25, 0.3) is 0 Å². The van der Waals surface area contributed by atoms with Gasteiger partial charge in [-0.3, -0.25) is 0 Å². The van der Waals surface area contributed by atoms with E-state index in [1.165, 1.54) is 0 Å². The maximum absolute atomic E-state index is 11.5. The molecule has 1 aromatic heterocycles. The molecule has 0 spiro atoms. The van der Waals surface area contributed by atoms with E-state index in [4.69, 9.17) is 11.6 Å². The van der Waals surface area contributed by atoms with Crippen LogP contribution in [-0.4, -0.2) is 24.6 Å². The molecule has 0 aromatic carbocycles. The third-order valence-corrected chi connectivity index (χ3v) is 4.00. The Morgan fingerprint density at radius 1 is 1.44 bits per heavy atom. The van der Waals surface area contributed by atoms with E-state index in [1.807, 2.05) is 29.9 Å². The Labute approximate surface area is 102 Å². The predicted molar refractivity (Wildman–Crippen MR) is 66.0 cm³/mol. The highest BCUT2D eigenvalue weighted by Gasteiger charge is 2.09. The molecule has 0 aliphatic rings. The zero-order valence-corrected chi connectivity index (χ0v) is 10.9. The molecule has 4 nitrogen and oxygen atoms in total. The third kappa shape index (κ3) is 4.55. The fourth-order valence-electron chi connectivity index (χ4n) is 1.32. The van der Waals surface area contributed by atoms with Crippen LogP contribution in [0.25, 0.3) is 0 Å². The van der Waals surface area contributed by atoms with Crippen LogP contribution in [0.1, 0.15) is 18.5 Å². The van der Waals surface area contributed by atoms with E-state index in [1.54, 1.807) is 0 Å². The normalized spacial score (nSPS) is 11.9. The minimum atomic E-state index is -3.17. The van der Waals surface area contributed by atoms with Gasteiger partial charge < -0.3 is 4.57 Å². The molecule has 0 saturated carbocycles. The molecule has 0 radical (unpaired) electrons. The van der Waals surface area contributed by atoms with Crippen LogP contribution in [0.15, 0.2) is 18.3 Å². The Hall–Kier alpha value is -0.520. The topological polar surface area (TPSA) is 51.1 Å². The summed E-state index contributed by atoms with van der Waals surface area (Å²) in [6.07, 6.45) is 3.22. The molecule has 0 saturated heterocycles. The number of nitrogens with one attached hydrogen (secondary N) is 1. The van der Waals surface area contributed by atoms with Crippen molar-refractivity contribution in [1.82, 2.24) is 9.29 Å². The highest BCUT2D eigenvalue weighted by Crippen LogP contribution is 2.01. The minimum Gasteiger partial charge on any atom is -0.353 e. The van der Waals surface area contributed by atoms with Crippen LogP contribution >= 0.6 is 11.6 Å². The molecule has 0 amide bonds. The quantitative estimate of drug-likeness (QED) is 0.599. The first-order valence-corrected chi connectivity index (χ1v) is 7.37. The van der Waals surface area contributed by atoms with Crippen molar-refractivity contribution in [2.24, 2.45) is 7.05 Å². The van der Waals surface area contributed by atoms with Crippen molar-refractivity contribution in [1.29, 1.82) is 0 Å². The molecule has 1 heterocycles. The lowest BCUT2D eigenvalue weighted by Gasteiger charge is -2.07. The molecule has 0 unspecified atom stereocenters. The lowest BCUT2D eigenvalue weighted by atomic mass is 10.4. The van der Waals surface area contributed by atoms with Crippen molar-refractivity contribution in [3.05, 3.63) is 24.0 Å². The molecule has 0 bridgehead atoms. The lowest BCUT2D eigenvalue weighted by molar-refractivity contribution is 0.576. The van der Waals surface area contributed by atoms with Crippen molar-refractivity contribution < 1.29 is 8.42 Å². The SMILES string of the molecule is Cn1cccc1CNS(=O)(=O)CCCCCl. The maximum Gasteiger partial charge on any atom is 0.211 e. The van der Waals surface area contributed by atoms with E-state index in [0.717, 1.165) is 12.1 Å². The molecule has 16 heavy (non-hydrogen) atoms. The number of unbranched alkanes of at least 4 members (excludes halogenated alkanes) is 1. The van der Waals surface area contributed by atoms with Gasteiger partial charge >= 0.3 is 0 Å². The van der Waals surface area contributed by atoms with E-state index in [-0.39, 0.29) is 5.75 Å². The summed E-state index contributed by atoms with van der Waals surface area (Å²) < 4.78 is 27.6. The summed E-state index contributed by atoms with van der Waals surface area (Å²) in [5.41, 5.74) is 0.945. The van der Waals surface area contributed by atoms with E-state index >= 15 is 0 Å². The molecule has 92 valence electrons. The number of aryl methyl sites for hydroxylation is 1. The molecule has 1 N–H and O–H groups in total. The first-order valence-electron chi connectivity index (χ1n) is 5.18. The third-order valence-electron chi connectivity index (χ3n) is 2.32. The average molecular weight is 265 g/mol. The van der Waals surface area contributed by atoms with Crippen LogP contribution in [0.4, 0.5) is 0 Å². The first-order chi connectivity index (χ1) is 7.55. The molecule has 0 atom stereocenters. The molecule has 0 aliphatic heterocycles. The Morgan fingerprint density at radius 2 is 2.19 bits per heavy atom. The van der Waals surface area contributed by atoms with E-state index in [9.17, 15) is 8.42 Å². The minimum absolute atomic E-state index is 0.143. The molecule has 0 aliphatic carbocycles. The highest BCUT2D eigenvalue weighted by molar-refractivity contribution is 7.89. The number of nitrogens with zero attached hydrogens (tertiary/aromatic N) is 1. The summed E-state index contributed by atoms with van der Waals surface area (Å²) in [7, 11) is -1.28. The predicted octanol–water partition coefficient (Wildman–Crippen LogP) is 1.46. The number of hydrogen-bond acceptors (Lipinski definition) is 2. The van der Waals surface area contributed by atoms with Crippen molar-refractivity contribution >= 4 is 21.6 Å². The number of sulfonamides is 1. The van der Waals surface area contributed by atoms with Gasteiger partial charge in [0.15, 0.2) is 0 Å². The Balaban J connectivity index is 2.39. The van der Waals surface area contributed by atoms with Gasteiger partial charge in [0, 0.05) is 24.8 Å². The van der Waals surface area contributed by atoms with Crippen LogP contribution in [-0.2, 0) is 23.6 Å². The van der Waals surface area contributed by atoms with Crippen molar-refractivity contribution in [3.63, 3.8) is 0 Å². The molecule has 1 aromatic rings. The Morgan fingerprint density at radius 3 is 2.75 bits per heavy atom. The van der Waals surface area contributed by atoms with Gasteiger partial charge in [-0.1, -0.05) is 0 Å². The zero-order valence-electron chi connectivity index (χ0n) is 9.32. The number of aromatic nitrogens is 1. The molecule has 1 rings (SSSR count). The van der Waals surface area contributed by atoms with Crippen molar-refractivity contribution in [3.8, 4) is 0 Å². The second kappa shape index (κ2) is 6.27. The average Bonchev–Trinajstić information content (AvgIpc) is 2.62. The Bertz CT molecular complexity index is 414. The summed E-state index contributed by atoms with van der Waals surface area (Å²) in [6, 6.07) is 3.78. The van der Waals surface area contributed by atoms with Gasteiger partial charge in [-0.05, 0) is 25.0 Å². The monoisotopic (exact) mass is 264 g/mol. The number of rotatable bonds is 7. The first kappa shape index (κ1) is 13.5.